The van der Waals surface area contributed by atoms with E-state index in [4.69, 9.17) is 8.94 Å². The number of rotatable bonds is 6. The molecule has 0 bridgehead atoms. The zero-order valence-corrected chi connectivity index (χ0v) is 13.3. The van der Waals surface area contributed by atoms with Gasteiger partial charge in [0.1, 0.15) is 11.8 Å². The summed E-state index contributed by atoms with van der Waals surface area (Å²) in [6.45, 7) is 4.02. The Morgan fingerprint density at radius 2 is 2.00 bits per heavy atom. The standard InChI is InChI=1S/C16H20N4O3/c1-8(2)11(16-19-14(20-23-16)10-5-6-10)18-15(21)12-13(9-3-4-9)22-7-17-12/h7-11H,3-6H2,1-2H3,(H,18,21). The molecule has 4 rings (SSSR count). The average Bonchev–Trinajstić information content (AvgIpc) is 3.46. The smallest absolute Gasteiger partial charge is 0.274 e. The fraction of sp³-hybridized carbons (Fsp3) is 0.625. The van der Waals surface area contributed by atoms with Gasteiger partial charge in [0.2, 0.25) is 5.89 Å². The highest BCUT2D eigenvalue weighted by atomic mass is 16.5. The number of carbonyl (C=O) groups excluding carboxylic acids is 1. The van der Waals surface area contributed by atoms with Gasteiger partial charge < -0.3 is 14.3 Å². The van der Waals surface area contributed by atoms with Crippen molar-refractivity contribution in [1.82, 2.24) is 20.4 Å². The van der Waals surface area contributed by atoms with Gasteiger partial charge >= 0.3 is 0 Å². The molecule has 2 saturated carbocycles. The van der Waals surface area contributed by atoms with Crippen LogP contribution in [0.3, 0.4) is 0 Å². The molecule has 0 aromatic carbocycles. The quantitative estimate of drug-likeness (QED) is 0.880. The molecular weight excluding hydrogens is 296 g/mol. The normalized spacial score (nSPS) is 19.1. The van der Waals surface area contributed by atoms with E-state index in [0.717, 1.165) is 31.5 Å². The van der Waals surface area contributed by atoms with Gasteiger partial charge in [-0.05, 0) is 31.6 Å². The molecule has 122 valence electrons. The number of nitrogens with zero attached hydrogens (tertiary/aromatic N) is 3. The molecule has 2 aromatic rings. The zero-order chi connectivity index (χ0) is 16.0. The number of amides is 1. The third-order valence-electron chi connectivity index (χ3n) is 4.38. The topological polar surface area (TPSA) is 94.1 Å². The number of carbonyl (C=O) groups is 1. The molecule has 7 heteroatoms. The van der Waals surface area contributed by atoms with Gasteiger partial charge in [0.15, 0.2) is 17.9 Å². The largest absolute Gasteiger partial charge is 0.447 e. The van der Waals surface area contributed by atoms with Gasteiger partial charge in [-0.15, -0.1) is 0 Å². The van der Waals surface area contributed by atoms with E-state index < -0.39 is 0 Å². The first-order chi connectivity index (χ1) is 11.1. The summed E-state index contributed by atoms with van der Waals surface area (Å²) in [7, 11) is 0. The molecule has 0 aliphatic heterocycles. The zero-order valence-electron chi connectivity index (χ0n) is 13.3. The Morgan fingerprint density at radius 3 is 2.65 bits per heavy atom. The molecule has 1 unspecified atom stereocenters. The van der Waals surface area contributed by atoms with Crippen LogP contribution < -0.4 is 5.32 Å². The molecule has 0 saturated heterocycles. The lowest BCUT2D eigenvalue weighted by atomic mass is 10.0. The molecule has 1 amide bonds. The summed E-state index contributed by atoms with van der Waals surface area (Å²) in [5.41, 5.74) is 0.375. The van der Waals surface area contributed by atoms with E-state index in [0.29, 0.717) is 29.2 Å². The van der Waals surface area contributed by atoms with Gasteiger partial charge in [0, 0.05) is 11.8 Å². The van der Waals surface area contributed by atoms with Crippen LogP contribution in [-0.2, 0) is 0 Å². The first kappa shape index (κ1) is 14.4. The van der Waals surface area contributed by atoms with Crippen LogP contribution in [0.5, 0.6) is 0 Å². The minimum absolute atomic E-state index is 0.128. The molecule has 0 radical (unpaired) electrons. The highest BCUT2D eigenvalue weighted by molar-refractivity contribution is 5.93. The molecule has 2 aliphatic carbocycles. The Kier molecular flexibility index (Phi) is 3.43. The predicted octanol–water partition coefficient (Wildman–Crippen LogP) is 2.94. The highest BCUT2D eigenvalue weighted by Gasteiger charge is 2.35. The Hall–Kier alpha value is -2.18. The van der Waals surface area contributed by atoms with E-state index in [1.54, 1.807) is 0 Å². The lowest BCUT2D eigenvalue weighted by Crippen LogP contribution is -2.32. The fourth-order valence-corrected chi connectivity index (χ4v) is 2.66. The fourth-order valence-electron chi connectivity index (χ4n) is 2.66. The molecule has 2 heterocycles. The van der Waals surface area contributed by atoms with Gasteiger partial charge in [0.25, 0.3) is 5.91 Å². The molecule has 0 spiro atoms. The third-order valence-corrected chi connectivity index (χ3v) is 4.38. The number of nitrogens with one attached hydrogen (secondary N) is 1. The first-order valence-electron chi connectivity index (χ1n) is 8.21. The molecule has 1 N–H and O–H groups in total. The van der Waals surface area contributed by atoms with Gasteiger partial charge in [-0.1, -0.05) is 19.0 Å². The van der Waals surface area contributed by atoms with Gasteiger partial charge in [-0.3, -0.25) is 4.79 Å². The van der Waals surface area contributed by atoms with Crippen molar-refractivity contribution < 1.29 is 13.7 Å². The van der Waals surface area contributed by atoms with Crippen molar-refractivity contribution in [2.45, 2.75) is 57.4 Å². The lowest BCUT2D eigenvalue weighted by Gasteiger charge is -2.18. The Labute approximate surface area is 133 Å². The van der Waals surface area contributed by atoms with Crippen LogP contribution >= 0.6 is 0 Å². The van der Waals surface area contributed by atoms with Crippen LogP contribution in [0.4, 0.5) is 0 Å². The third kappa shape index (κ3) is 2.87. The molecule has 2 aliphatic rings. The van der Waals surface area contributed by atoms with Crippen LogP contribution in [0.1, 0.15) is 85.4 Å². The van der Waals surface area contributed by atoms with E-state index in [-0.39, 0.29) is 17.9 Å². The van der Waals surface area contributed by atoms with Gasteiger partial charge in [0.05, 0.1) is 0 Å². The SMILES string of the molecule is CC(C)C(NC(=O)c1ncoc1C1CC1)c1nc(C2CC2)no1. The highest BCUT2D eigenvalue weighted by Crippen LogP contribution is 2.41. The van der Waals surface area contributed by atoms with Crippen molar-refractivity contribution in [3.63, 3.8) is 0 Å². The molecule has 7 nitrogen and oxygen atoms in total. The summed E-state index contributed by atoms with van der Waals surface area (Å²) in [4.78, 5) is 21.1. The van der Waals surface area contributed by atoms with E-state index >= 15 is 0 Å². The summed E-state index contributed by atoms with van der Waals surface area (Å²) in [5, 5.41) is 7.01. The maximum absolute atomic E-state index is 12.6. The van der Waals surface area contributed by atoms with Gasteiger partial charge in [-0.25, -0.2) is 4.98 Å². The van der Waals surface area contributed by atoms with E-state index in [2.05, 4.69) is 20.4 Å². The minimum atomic E-state index is -0.328. The Balaban J connectivity index is 1.52. The average molecular weight is 316 g/mol. The maximum Gasteiger partial charge on any atom is 0.274 e. The molecule has 23 heavy (non-hydrogen) atoms. The number of aromatic nitrogens is 3. The van der Waals surface area contributed by atoms with Crippen LogP contribution in [0.25, 0.3) is 0 Å². The summed E-state index contributed by atoms with van der Waals surface area (Å²) in [6.07, 6.45) is 5.67. The van der Waals surface area contributed by atoms with Gasteiger partial charge in [-0.2, -0.15) is 4.98 Å². The molecule has 2 aromatic heterocycles. The summed E-state index contributed by atoms with van der Waals surface area (Å²) >= 11 is 0. The van der Waals surface area contributed by atoms with Crippen molar-refractivity contribution in [2.24, 2.45) is 5.92 Å². The Bertz CT molecular complexity index is 712. The summed E-state index contributed by atoms with van der Waals surface area (Å²) in [6, 6.07) is -0.328. The van der Waals surface area contributed by atoms with Crippen LogP contribution in [0, 0.1) is 5.92 Å². The van der Waals surface area contributed by atoms with Crippen molar-refractivity contribution in [3.05, 3.63) is 29.6 Å². The Morgan fingerprint density at radius 1 is 1.26 bits per heavy atom. The number of hydrogen-bond donors (Lipinski definition) is 1. The van der Waals surface area contributed by atoms with E-state index in [9.17, 15) is 4.79 Å². The van der Waals surface area contributed by atoms with Crippen molar-refractivity contribution in [3.8, 4) is 0 Å². The van der Waals surface area contributed by atoms with Crippen LogP contribution in [0.15, 0.2) is 15.3 Å². The van der Waals surface area contributed by atoms with Crippen LogP contribution in [-0.4, -0.2) is 21.0 Å². The van der Waals surface area contributed by atoms with E-state index in [1.807, 2.05) is 13.8 Å². The number of hydrogen-bond acceptors (Lipinski definition) is 6. The van der Waals surface area contributed by atoms with Crippen LogP contribution in [0.2, 0.25) is 0 Å². The van der Waals surface area contributed by atoms with Crippen molar-refractivity contribution in [2.75, 3.05) is 0 Å². The predicted molar refractivity (Wildman–Crippen MR) is 79.8 cm³/mol. The lowest BCUT2D eigenvalue weighted by molar-refractivity contribution is 0.0907. The van der Waals surface area contributed by atoms with E-state index in [1.165, 1.54) is 6.39 Å². The number of oxazole rings is 1. The van der Waals surface area contributed by atoms with Crippen molar-refractivity contribution in [1.29, 1.82) is 0 Å². The monoisotopic (exact) mass is 316 g/mol. The second-order valence-corrected chi connectivity index (χ2v) is 6.80. The first-order valence-corrected chi connectivity index (χ1v) is 8.21. The maximum atomic E-state index is 12.6. The second-order valence-electron chi connectivity index (χ2n) is 6.80. The summed E-state index contributed by atoms with van der Waals surface area (Å²) in [5.74, 6) is 2.54. The molecule has 2 fully saturated rings. The second kappa shape index (κ2) is 5.47. The minimum Gasteiger partial charge on any atom is -0.447 e. The summed E-state index contributed by atoms with van der Waals surface area (Å²) < 4.78 is 10.8. The molecule has 1 atom stereocenters. The molecular formula is C16H20N4O3. The van der Waals surface area contributed by atoms with Crippen molar-refractivity contribution >= 4 is 5.91 Å².